The van der Waals surface area contributed by atoms with Gasteiger partial charge in [-0.25, -0.2) is 9.97 Å². The summed E-state index contributed by atoms with van der Waals surface area (Å²) in [7, 11) is 0. The minimum Gasteiger partial charge on any atom is -0.337 e. The number of fused-ring (bicyclic) bond motifs is 1. The van der Waals surface area contributed by atoms with Gasteiger partial charge in [0.15, 0.2) is 0 Å². The number of likely N-dealkylation sites (tertiary alicyclic amines) is 1. The maximum atomic E-state index is 12.9. The van der Waals surface area contributed by atoms with Gasteiger partial charge in [0.25, 0.3) is 5.91 Å². The molecule has 2 aromatic heterocycles. The lowest BCUT2D eigenvalue weighted by Crippen LogP contribution is -2.39. The van der Waals surface area contributed by atoms with Crippen molar-refractivity contribution in [3.05, 3.63) is 44.9 Å². The Morgan fingerprint density at radius 2 is 2.04 bits per heavy atom. The van der Waals surface area contributed by atoms with Crippen LogP contribution in [0.15, 0.2) is 24.3 Å². The van der Waals surface area contributed by atoms with Crippen LogP contribution in [0.1, 0.15) is 44.1 Å². The van der Waals surface area contributed by atoms with Crippen molar-refractivity contribution < 1.29 is 4.79 Å². The van der Waals surface area contributed by atoms with E-state index in [0.717, 1.165) is 52.0 Å². The number of hydrogen-bond donors (Lipinski definition) is 0. The minimum absolute atomic E-state index is 0.129. The molecule has 4 rings (SSSR count). The van der Waals surface area contributed by atoms with Gasteiger partial charge in [-0.1, -0.05) is 12.1 Å². The van der Waals surface area contributed by atoms with Crippen LogP contribution in [0.25, 0.3) is 10.2 Å². The highest BCUT2D eigenvalue weighted by atomic mass is 32.1. The van der Waals surface area contributed by atoms with E-state index < -0.39 is 0 Å². The zero-order valence-corrected chi connectivity index (χ0v) is 15.4. The lowest BCUT2D eigenvalue weighted by molar-refractivity contribution is 0.0711. The number of nitrogens with zero attached hydrogens (tertiary/aromatic N) is 3. The van der Waals surface area contributed by atoms with Crippen LogP contribution in [0.3, 0.4) is 0 Å². The third-order valence-corrected chi connectivity index (χ3v) is 6.73. The van der Waals surface area contributed by atoms with Crippen molar-refractivity contribution in [1.29, 1.82) is 0 Å². The molecule has 3 aromatic rings. The first-order valence-electron chi connectivity index (χ1n) is 8.20. The SMILES string of the molecule is Cc1nc(C)c(C(=O)N2CCC[C@@H](c3nc4ccccc4s3)C2)s1. The van der Waals surface area contributed by atoms with E-state index in [1.165, 1.54) is 16.0 Å². The van der Waals surface area contributed by atoms with Crippen LogP contribution >= 0.6 is 22.7 Å². The number of rotatable bonds is 2. The summed E-state index contributed by atoms with van der Waals surface area (Å²) in [6.45, 7) is 5.46. The van der Waals surface area contributed by atoms with Crippen LogP contribution in [0.2, 0.25) is 0 Å². The second kappa shape index (κ2) is 6.26. The lowest BCUT2D eigenvalue weighted by Gasteiger charge is -2.31. The second-order valence-corrected chi connectivity index (χ2v) is 8.52. The lowest BCUT2D eigenvalue weighted by atomic mass is 9.98. The van der Waals surface area contributed by atoms with E-state index in [0.29, 0.717) is 5.92 Å². The van der Waals surface area contributed by atoms with Crippen molar-refractivity contribution in [3.63, 3.8) is 0 Å². The Hall–Kier alpha value is -1.79. The van der Waals surface area contributed by atoms with E-state index in [1.54, 1.807) is 11.3 Å². The van der Waals surface area contributed by atoms with E-state index >= 15 is 0 Å². The third-order valence-electron chi connectivity index (χ3n) is 4.47. The molecule has 1 aromatic carbocycles. The maximum Gasteiger partial charge on any atom is 0.265 e. The number of carbonyl (C=O) groups excluding carboxylic acids is 1. The summed E-state index contributed by atoms with van der Waals surface area (Å²) < 4.78 is 1.23. The van der Waals surface area contributed by atoms with Crippen LogP contribution in [0, 0.1) is 13.8 Å². The molecular formula is C18H19N3OS2. The molecule has 124 valence electrons. The Balaban J connectivity index is 1.57. The van der Waals surface area contributed by atoms with E-state index in [9.17, 15) is 4.79 Å². The number of para-hydroxylation sites is 1. The molecular weight excluding hydrogens is 338 g/mol. The molecule has 0 radical (unpaired) electrons. The first-order valence-corrected chi connectivity index (χ1v) is 9.84. The van der Waals surface area contributed by atoms with Gasteiger partial charge in [0.1, 0.15) is 4.88 Å². The zero-order valence-electron chi connectivity index (χ0n) is 13.8. The van der Waals surface area contributed by atoms with E-state index in [-0.39, 0.29) is 5.91 Å². The fraction of sp³-hybridized carbons (Fsp3) is 0.389. The first-order chi connectivity index (χ1) is 11.6. The number of aryl methyl sites for hydroxylation is 2. The average molecular weight is 358 g/mol. The highest BCUT2D eigenvalue weighted by Gasteiger charge is 2.29. The van der Waals surface area contributed by atoms with Crippen molar-refractivity contribution in [2.24, 2.45) is 0 Å². The van der Waals surface area contributed by atoms with E-state index in [4.69, 9.17) is 4.98 Å². The van der Waals surface area contributed by atoms with E-state index in [2.05, 4.69) is 23.2 Å². The van der Waals surface area contributed by atoms with Crippen molar-refractivity contribution in [1.82, 2.24) is 14.9 Å². The normalized spacial score (nSPS) is 18.2. The zero-order chi connectivity index (χ0) is 16.7. The molecule has 0 saturated carbocycles. The topological polar surface area (TPSA) is 46.1 Å². The van der Waals surface area contributed by atoms with Gasteiger partial charge in [0.2, 0.25) is 0 Å². The fourth-order valence-electron chi connectivity index (χ4n) is 3.30. The average Bonchev–Trinajstić information content (AvgIpc) is 3.17. The molecule has 0 aliphatic carbocycles. The summed E-state index contributed by atoms with van der Waals surface area (Å²) >= 11 is 3.26. The summed E-state index contributed by atoms with van der Waals surface area (Å²) in [6.07, 6.45) is 2.13. The van der Waals surface area contributed by atoms with Crippen LogP contribution in [0.4, 0.5) is 0 Å². The number of aromatic nitrogens is 2. The Morgan fingerprint density at radius 1 is 1.21 bits per heavy atom. The molecule has 1 atom stereocenters. The van der Waals surface area contributed by atoms with Gasteiger partial charge >= 0.3 is 0 Å². The summed E-state index contributed by atoms with van der Waals surface area (Å²) in [5, 5.41) is 2.11. The Kier molecular flexibility index (Phi) is 4.10. The van der Waals surface area contributed by atoms with Crippen LogP contribution in [-0.4, -0.2) is 33.9 Å². The van der Waals surface area contributed by atoms with Gasteiger partial charge in [0.05, 0.1) is 25.9 Å². The minimum atomic E-state index is 0.129. The quantitative estimate of drug-likeness (QED) is 0.683. The highest BCUT2D eigenvalue weighted by Crippen LogP contribution is 2.33. The summed E-state index contributed by atoms with van der Waals surface area (Å²) in [5.74, 6) is 0.471. The van der Waals surface area contributed by atoms with Crippen LogP contribution < -0.4 is 0 Å². The molecule has 1 amide bonds. The summed E-state index contributed by atoms with van der Waals surface area (Å²) in [6, 6.07) is 8.25. The van der Waals surface area contributed by atoms with Crippen molar-refractivity contribution >= 4 is 38.8 Å². The van der Waals surface area contributed by atoms with E-state index in [1.807, 2.05) is 24.8 Å². The van der Waals surface area contributed by atoms with Crippen molar-refractivity contribution in [2.45, 2.75) is 32.6 Å². The second-order valence-electron chi connectivity index (χ2n) is 6.26. The first kappa shape index (κ1) is 15.7. The molecule has 24 heavy (non-hydrogen) atoms. The number of benzene rings is 1. The third kappa shape index (κ3) is 2.84. The largest absolute Gasteiger partial charge is 0.337 e. The molecule has 0 spiro atoms. The Morgan fingerprint density at radius 3 is 2.79 bits per heavy atom. The predicted molar refractivity (Wildman–Crippen MR) is 99.1 cm³/mol. The van der Waals surface area contributed by atoms with Gasteiger partial charge in [-0.05, 0) is 38.8 Å². The number of piperidine rings is 1. The highest BCUT2D eigenvalue weighted by molar-refractivity contribution is 7.18. The maximum absolute atomic E-state index is 12.9. The predicted octanol–water partition coefficient (Wildman–Crippen LogP) is 4.39. The van der Waals surface area contributed by atoms with Gasteiger partial charge < -0.3 is 4.90 Å². The van der Waals surface area contributed by atoms with Gasteiger partial charge in [-0.2, -0.15) is 0 Å². The molecule has 3 heterocycles. The van der Waals surface area contributed by atoms with Crippen molar-refractivity contribution in [3.8, 4) is 0 Å². The standard InChI is InChI=1S/C18H19N3OS2/c1-11-16(23-12(2)19-11)18(22)21-9-5-6-13(10-21)17-20-14-7-3-4-8-15(14)24-17/h3-4,7-8,13H,5-6,9-10H2,1-2H3/t13-/m1/s1. The number of carbonyl (C=O) groups is 1. The van der Waals surface area contributed by atoms with Crippen molar-refractivity contribution in [2.75, 3.05) is 13.1 Å². The molecule has 4 nitrogen and oxygen atoms in total. The van der Waals surface area contributed by atoms with Gasteiger partial charge in [-0.3, -0.25) is 4.79 Å². The Labute approximate surface area is 149 Å². The summed E-state index contributed by atoms with van der Waals surface area (Å²) in [4.78, 5) is 24.8. The molecule has 6 heteroatoms. The molecule has 0 unspecified atom stereocenters. The molecule has 0 bridgehead atoms. The van der Waals surface area contributed by atoms with Gasteiger partial charge in [-0.15, -0.1) is 22.7 Å². The summed E-state index contributed by atoms with van der Waals surface area (Å²) in [5.41, 5.74) is 1.92. The van der Waals surface area contributed by atoms with Gasteiger partial charge in [0, 0.05) is 19.0 Å². The molecule has 1 aliphatic heterocycles. The Bertz CT molecular complexity index is 866. The smallest absolute Gasteiger partial charge is 0.265 e. The van der Waals surface area contributed by atoms with Crippen LogP contribution in [0.5, 0.6) is 0 Å². The molecule has 1 fully saturated rings. The number of thiazole rings is 2. The molecule has 0 N–H and O–H groups in total. The molecule has 1 aliphatic rings. The fourth-order valence-corrected chi connectivity index (χ4v) is 5.28. The number of hydrogen-bond acceptors (Lipinski definition) is 5. The molecule has 1 saturated heterocycles. The number of amides is 1. The monoisotopic (exact) mass is 357 g/mol. The van der Waals surface area contributed by atoms with Crippen LogP contribution in [-0.2, 0) is 0 Å².